The number of benzene rings is 7. The highest BCUT2D eigenvalue weighted by molar-refractivity contribution is 6.10. The van der Waals surface area contributed by atoms with Crippen LogP contribution in [0.5, 0.6) is 0 Å². The van der Waals surface area contributed by atoms with E-state index in [1.807, 2.05) is 17.4 Å². The molecule has 4 heteroatoms. The fraction of sp³-hybridized carbons (Fsp3) is 0.0612. The molecule has 3 aromatic heterocycles. The molecule has 0 fully saturated rings. The predicted octanol–water partition coefficient (Wildman–Crippen LogP) is 11.5. The largest absolute Gasteiger partial charge is 0.309 e. The average molecular weight is 680 g/mol. The first-order valence-electron chi connectivity index (χ1n) is 18.2. The van der Waals surface area contributed by atoms with Crippen LogP contribution in [0.3, 0.4) is 0 Å². The first-order chi connectivity index (χ1) is 26.0. The Morgan fingerprint density at radius 3 is 2.02 bits per heavy atom. The van der Waals surface area contributed by atoms with E-state index in [9.17, 15) is 4.79 Å². The van der Waals surface area contributed by atoms with Crippen LogP contribution >= 0.6 is 0 Å². The molecule has 0 amide bonds. The number of aryl methyl sites for hydroxylation is 1. The summed E-state index contributed by atoms with van der Waals surface area (Å²) in [5, 5.41) is 3.54. The number of aromatic nitrogens is 3. The lowest BCUT2D eigenvalue weighted by Crippen LogP contribution is -2.21. The highest BCUT2D eigenvalue weighted by atomic mass is 16.1. The maximum Gasteiger partial charge on any atom is 0.259 e. The Balaban J connectivity index is 1.10. The molecule has 0 spiro atoms. The number of para-hydroxylation sites is 2. The van der Waals surface area contributed by atoms with Crippen molar-refractivity contribution in [1.82, 2.24) is 14.0 Å². The van der Waals surface area contributed by atoms with Crippen molar-refractivity contribution in [1.29, 1.82) is 0 Å². The van der Waals surface area contributed by atoms with Gasteiger partial charge in [0.15, 0.2) is 0 Å². The molecule has 1 aliphatic rings. The number of hydrogen-bond acceptors (Lipinski definition) is 2. The minimum Gasteiger partial charge on any atom is -0.309 e. The summed E-state index contributed by atoms with van der Waals surface area (Å²) in [6.07, 6.45) is 0. The van der Waals surface area contributed by atoms with Crippen LogP contribution in [-0.4, -0.2) is 14.0 Å². The van der Waals surface area contributed by atoms with Gasteiger partial charge in [0.25, 0.3) is 5.56 Å². The number of imidazole rings is 1. The van der Waals surface area contributed by atoms with Gasteiger partial charge in [-0.1, -0.05) is 109 Å². The van der Waals surface area contributed by atoms with E-state index in [1.54, 1.807) is 0 Å². The number of rotatable bonds is 4. The van der Waals surface area contributed by atoms with E-state index in [0.717, 1.165) is 55.7 Å². The van der Waals surface area contributed by atoms with Crippen molar-refractivity contribution in [2.24, 2.45) is 0 Å². The Morgan fingerprint density at radius 1 is 0.509 bits per heavy atom. The van der Waals surface area contributed by atoms with E-state index in [4.69, 9.17) is 4.98 Å². The third-order valence-corrected chi connectivity index (χ3v) is 11.6. The number of fused-ring (bicyclic) bond motifs is 6. The summed E-state index contributed by atoms with van der Waals surface area (Å²) >= 11 is 0. The lowest BCUT2D eigenvalue weighted by atomic mass is 9.94. The predicted molar refractivity (Wildman–Crippen MR) is 218 cm³/mol. The topological polar surface area (TPSA) is 39.3 Å². The van der Waals surface area contributed by atoms with Gasteiger partial charge in [-0.15, -0.1) is 0 Å². The first kappa shape index (κ1) is 29.9. The number of hydrogen-bond donors (Lipinski definition) is 0. The molecule has 1 unspecified atom stereocenters. The van der Waals surface area contributed by atoms with Gasteiger partial charge in [-0.2, -0.15) is 0 Å². The van der Waals surface area contributed by atoms with E-state index in [0.29, 0.717) is 0 Å². The molecule has 1 aliphatic carbocycles. The van der Waals surface area contributed by atoms with Crippen LogP contribution in [0.1, 0.15) is 34.0 Å². The fourth-order valence-corrected chi connectivity index (χ4v) is 8.91. The molecule has 4 nitrogen and oxygen atoms in total. The Bertz CT molecular complexity index is 3150. The van der Waals surface area contributed by atoms with Gasteiger partial charge in [-0.3, -0.25) is 9.20 Å². The summed E-state index contributed by atoms with van der Waals surface area (Å²) < 4.78 is 4.26. The van der Waals surface area contributed by atoms with Crippen molar-refractivity contribution in [2.75, 3.05) is 0 Å². The Labute approximate surface area is 306 Å². The van der Waals surface area contributed by atoms with Crippen molar-refractivity contribution in [3.8, 4) is 39.1 Å². The van der Waals surface area contributed by atoms with Crippen molar-refractivity contribution < 1.29 is 0 Å². The molecule has 53 heavy (non-hydrogen) atoms. The van der Waals surface area contributed by atoms with Gasteiger partial charge in [-0.25, -0.2) is 4.98 Å². The minimum atomic E-state index is -0.183. The van der Waals surface area contributed by atoms with Crippen molar-refractivity contribution >= 4 is 38.2 Å². The van der Waals surface area contributed by atoms with Gasteiger partial charge in [0.1, 0.15) is 5.82 Å². The summed E-state index contributed by atoms with van der Waals surface area (Å²) in [5.74, 6) is 0.592. The molecule has 250 valence electrons. The standard InChI is InChI=1S/C49H33N3O/c1-29-30(2)49(53)52-47-40(29)27-34(31-13-5-3-6-14-31)28-43(47)50-48(52)46-38-19-10-9-17-36(38)41-25-32(21-23-39(41)46)33-22-24-45-42(26-33)37-18-11-12-20-44(37)51(45)35-15-7-4-8-16-35/h3-28,46H,1-2H3. The zero-order valence-electron chi connectivity index (χ0n) is 29.3. The molecule has 0 bridgehead atoms. The SMILES string of the molecule is Cc1c(C)c2cc(-c3ccccc3)cc3nc(C4c5ccccc5-c5cc(-c6ccc7c(c6)c6ccccc6n7-c6ccccc6)ccc54)n(c1=O)c32. The molecule has 0 aliphatic heterocycles. The summed E-state index contributed by atoms with van der Waals surface area (Å²) in [4.78, 5) is 19.6. The minimum absolute atomic E-state index is 0.00508. The Hall–Kier alpha value is -6.78. The summed E-state index contributed by atoms with van der Waals surface area (Å²) in [6, 6.07) is 56.3. The van der Waals surface area contributed by atoms with Crippen molar-refractivity contribution in [3.63, 3.8) is 0 Å². The van der Waals surface area contributed by atoms with Crippen LogP contribution in [0.15, 0.2) is 163 Å². The highest BCUT2D eigenvalue weighted by Gasteiger charge is 2.34. The normalized spacial score (nSPS) is 13.7. The maximum absolute atomic E-state index is 14.2. The molecule has 3 heterocycles. The molecule has 0 N–H and O–H groups in total. The van der Waals surface area contributed by atoms with Crippen LogP contribution in [0.25, 0.3) is 77.3 Å². The van der Waals surface area contributed by atoms with E-state index < -0.39 is 0 Å². The van der Waals surface area contributed by atoms with Gasteiger partial charge in [0, 0.05) is 27.4 Å². The van der Waals surface area contributed by atoms with Crippen molar-refractivity contribution in [3.05, 3.63) is 196 Å². The zero-order chi connectivity index (χ0) is 35.4. The van der Waals surface area contributed by atoms with Crippen LogP contribution in [0.2, 0.25) is 0 Å². The van der Waals surface area contributed by atoms with E-state index in [-0.39, 0.29) is 11.5 Å². The lowest BCUT2D eigenvalue weighted by Gasteiger charge is -2.15. The molecule has 10 aromatic rings. The van der Waals surface area contributed by atoms with E-state index in [2.05, 4.69) is 163 Å². The Morgan fingerprint density at radius 2 is 1.17 bits per heavy atom. The van der Waals surface area contributed by atoms with Gasteiger partial charge in [0.05, 0.1) is 28.0 Å². The molecule has 1 atom stereocenters. The van der Waals surface area contributed by atoms with E-state index >= 15 is 0 Å². The van der Waals surface area contributed by atoms with Gasteiger partial charge >= 0.3 is 0 Å². The van der Waals surface area contributed by atoms with Crippen LogP contribution in [0, 0.1) is 13.8 Å². The summed E-state index contributed by atoms with van der Waals surface area (Å²) in [5.41, 5.74) is 16.3. The maximum atomic E-state index is 14.2. The quantitative estimate of drug-likeness (QED) is 0.186. The highest BCUT2D eigenvalue weighted by Crippen LogP contribution is 2.49. The molecule has 11 rings (SSSR count). The summed E-state index contributed by atoms with van der Waals surface area (Å²) in [7, 11) is 0. The second-order valence-electron chi connectivity index (χ2n) is 14.4. The lowest BCUT2D eigenvalue weighted by molar-refractivity contribution is 0.852. The molecule has 0 saturated carbocycles. The number of pyridine rings is 1. The molecule has 7 aromatic carbocycles. The molecular weight excluding hydrogens is 647 g/mol. The number of nitrogens with zero attached hydrogens (tertiary/aromatic N) is 3. The third kappa shape index (κ3) is 4.24. The average Bonchev–Trinajstić information content (AvgIpc) is 3.87. The third-order valence-electron chi connectivity index (χ3n) is 11.6. The van der Waals surface area contributed by atoms with Crippen LogP contribution in [-0.2, 0) is 0 Å². The van der Waals surface area contributed by atoms with Gasteiger partial charge in [0.2, 0.25) is 0 Å². The molecule has 0 saturated heterocycles. The van der Waals surface area contributed by atoms with Crippen LogP contribution < -0.4 is 5.56 Å². The van der Waals surface area contributed by atoms with Crippen LogP contribution in [0.4, 0.5) is 0 Å². The summed E-state index contributed by atoms with van der Waals surface area (Å²) in [6.45, 7) is 4.01. The van der Waals surface area contributed by atoms with Gasteiger partial charge < -0.3 is 4.57 Å². The van der Waals surface area contributed by atoms with Gasteiger partial charge in [-0.05, 0) is 112 Å². The van der Waals surface area contributed by atoms with Crippen molar-refractivity contribution in [2.45, 2.75) is 19.8 Å². The second kappa shape index (κ2) is 11.1. The first-order valence-corrected chi connectivity index (χ1v) is 18.2. The second-order valence-corrected chi connectivity index (χ2v) is 14.4. The molecule has 0 radical (unpaired) electrons. The monoisotopic (exact) mass is 679 g/mol. The smallest absolute Gasteiger partial charge is 0.259 e. The van der Waals surface area contributed by atoms with E-state index in [1.165, 1.54) is 49.6 Å². The zero-order valence-corrected chi connectivity index (χ0v) is 29.3. The molecular formula is C49H33N3O. The fourth-order valence-electron chi connectivity index (χ4n) is 8.91. The Kier molecular flexibility index (Phi) is 6.27.